The summed E-state index contributed by atoms with van der Waals surface area (Å²) in [5, 5.41) is 13.2. The van der Waals surface area contributed by atoms with E-state index in [1.54, 1.807) is 36.1 Å². The summed E-state index contributed by atoms with van der Waals surface area (Å²) in [6.45, 7) is 13.2. The number of allylic oxidation sites excluding steroid dienone is 1. The highest BCUT2D eigenvalue weighted by Gasteiger charge is 2.75. The predicted octanol–water partition coefficient (Wildman–Crippen LogP) is 3.33. The van der Waals surface area contributed by atoms with Gasteiger partial charge in [0.05, 0.1) is 43.2 Å². The van der Waals surface area contributed by atoms with E-state index in [0.29, 0.717) is 31.4 Å². The number of rotatable bonds is 18. The van der Waals surface area contributed by atoms with E-state index in [9.17, 15) is 24.3 Å². The van der Waals surface area contributed by atoms with Crippen LogP contribution >= 0.6 is 0 Å². The minimum atomic E-state index is -1.25. The first-order chi connectivity index (χ1) is 22.6. The van der Waals surface area contributed by atoms with Crippen LogP contribution in [-0.2, 0) is 33.4 Å². The van der Waals surface area contributed by atoms with Gasteiger partial charge in [-0.15, -0.1) is 13.2 Å². The Morgan fingerprint density at radius 3 is 2.55 bits per heavy atom. The molecule has 1 aromatic rings. The Balaban J connectivity index is 1.70. The molecule has 9 atom stereocenters. The summed E-state index contributed by atoms with van der Waals surface area (Å²) >= 11 is 0. The largest absolute Gasteiger partial charge is 0.455 e. The highest BCUT2D eigenvalue weighted by atomic mass is 16.6. The Labute approximate surface area is 278 Å². The summed E-state index contributed by atoms with van der Waals surface area (Å²) in [6, 6.07) is 6.55. The zero-order valence-electron chi connectivity index (χ0n) is 28.1. The second kappa shape index (κ2) is 16.0. The van der Waals surface area contributed by atoms with Crippen LogP contribution in [0, 0.1) is 11.8 Å². The van der Waals surface area contributed by atoms with Crippen molar-refractivity contribution in [2.45, 2.75) is 101 Å². The van der Waals surface area contributed by atoms with E-state index in [2.05, 4.69) is 18.5 Å². The van der Waals surface area contributed by atoms with Gasteiger partial charge in [-0.25, -0.2) is 0 Å². The van der Waals surface area contributed by atoms with Crippen LogP contribution < -0.4 is 5.32 Å². The molecule has 3 amide bonds. The number of hydrogen-bond acceptors (Lipinski definition) is 8. The molecule has 3 aliphatic rings. The topological polar surface area (TPSA) is 135 Å². The van der Waals surface area contributed by atoms with Crippen LogP contribution in [0.5, 0.6) is 0 Å². The number of likely N-dealkylation sites (tertiary alicyclic amines) is 1. The maximum atomic E-state index is 14.5. The molecule has 3 heterocycles. The van der Waals surface area contributed by atoms with Crippen molar-refractivity contribution in [3.05, 3.63) is 61.2 Å². The van der Waals surface area contributed by atoms with Crippen molar-refractivity contribution in [2.75, 3.05) is 26.9 Å². The number of carbonyl (C=O) groups is 4. The molecule has 0 radical (unpaired) electrons. The summed E-state index contributed by atoms with van der Waals surface area (Å²) in [4.78, 5) is 59.1. The third-order valence-electron chi connectivity index (χ3n) is 9.84. The van der Waals surface area contributed by atoms with Crippen LogP contribution in [0.3, 0.4) is 0 Å². The van der Waals surface area contributed by atoms with Crippen molar-refractivity contribution in [1.29, 1.82) is 0 Å². The van der Waals surface area contributed by atoms with Crippen LogP contribution in [0.25, 0.3) is 0 Å². The highest BCUT2D eigenvalue weighted by Crippen LogP contribution is 2.59. The SMILES string of the molecule is C=CCCC(=O)N[C@@H](COC)[C@@H](OC(=O)[C@@H]1[C@H]2C(=O)N([C@H](C)CO)[C@H](C(=O)N(CC=C)C(C)CCC)[C@]23CC[C@H]1O3)c1ccccc1. The third kappa shape index (κ3) is 7.17. The van der Waals surface area contributed by atoms with Gasteiger partial charge in [0.25, 0.3) is 0 Å². The molecule has 1 aromatic carbocycles. The Bertz CT molecular complexity index is 1290. The van der Waals surface area contributed by atoms with Crippen molar-refractivity contribution in [3.8, 4) is 0 Å². The molecule has 3 fully saturated rings. The monoisotopic (exact) mass is 653 g/mol. The number of esters is 1. The van der Waals surface area contributed by atoms with E-state index in [4.69, 9.17) is 14.2 Å². The molecule has 258 valence electrons. The number of hydrogen-bond donors (Lipinski definition) is 2. The molecule has 11 heteroatoms. The van der Waals surface area contributed by atoms with Crippen molar-refractivity contribution < 1.29 is 38.5 Å². The van der Waals surface area contributed by atoms with Gasteiger partial charge in [-0.2, -0.15) is 0 Å². The van der Waals surface area contributed by atoms with E-state index in [-0.39, 0.29) is 37.5 Å². The standard InChI is InChI=1S/C36H51N3O8/c1-7-10-17-28(41)37-26(22-45-6)31(25-15-12-11-13-16-25)46-35(44)29-27-18-19-36(47-27)30(29)33(42)39(24(5)21-40)32(36)34(43)38(20-9-3)23(4)14-8-2/h7,9,11-13,15-16,23-24,26-27,29-32,40H,1,3,8,10,14,17-22H2,2,4-6H3,(H,37,41)/t23?,24-,26+,27-,29+,30+,31+,32-,36+/m1/s1. The first-order valence-corrected chi connectivity index (χ1v) is 16.8. The number of ether oxygens (including phenoxy) is 3. The summed E-state index contributed by atoms with van der Waals surface area (Å²) in [5.74, 6) is -3.51. The number of amides is 3. The fraction of sp³-hybridized carbons (Fsp3) is 0.611. The van der Waals surface area contributed by atoms with Gasteiger partial charge in [-0.1, -0.05) is 55.8 Å². The Kier molecular flexibility index (Phi) is 12.4. The lowest BCUT2D eigenvalue weighted by Gasteiger charge is -2.40. The molecule has 0 aromatic heterocycles. The molecule has 47 heavy (non-hydrogen) atoms. The number of carbonyl (C=O) groups excluding carboxylic acids is 4. The van der Waals surface area contributed by atoms with Gasteiger partial charge in [0.1, 0.15) is 17.7 Å². The Morgan fingerprint density at radius 1 is 1.21 bits per heavy atom. The summed E-state index contributed by atoms with van der Waals surface area (Å²) < 4.78 is 18.3. The molecule has 3 saturated heterocycles. The molecular formula is C36H51N3O8. The Hall–Kier alpha value is -3.54. The van der Waals surface area contributed by atoms with Gasteiger partial charge < -0.3 is 34.4 Å². The number of nitrogens with zero attached hydrogens (tertiary/aromatic N) is 2. The van der Waals surface area contributed by atoms with Crippen LogP contribution in [0.1, 0.15) is 71.0 Å². The lowest BCUT2D eigenvalue weighted by molar-refractivity contribution is -0.163. The van der Waals surface area contributed by atoms with Crippen LogP contribution in [-0.4, -0.2) is 101 Å². The molecule has 0 aliphatic carbocycles. The first kappa shape index (κ1) is 36.3. The van der Waals surface area contributed by atoms with Gasteiger partial charge in [0.15, 0.2) is 0 Å². The van der Waals surface area contributed by atoms with Gasteiger partial charge in [0, 0.05) is 26.1 Å². The normalized spacial score (nSPS) is 27.0. The van der Waals surface area contributed by atoms with Crippen molar-refractivity contribution >= 4 is 23.7 Å². The minimum Gasteiger partial charge on any atom is -0.455 e. The third-order valence-corrected chi connectivity index (χ3v) is 9.84. The molecule has 1 spiro atoms. The van der Waals surface area contributed by atoms with Gasteiger partial charge in [-0.05, 0) is 45.1 Å². The molecule has 4 rings (SSSR count). The quantitative estimate of drug-likeness (QED) is 0.182. The van der Waals surface area contributed by atoms with Gasteiger partial charge in [0.2, 0.25) is 17.7 Å². The number of aliphatic hydroxyl groups is 1. The van der Waals surface area contributed by atoms with Crippen molar-refractivity contribution in [2.24, 2.45) is 11.8 Å². The average Bonchev–Trinajstić information content (AvgIpc) is 3.72. The average molecular weight is 654 g/mol. The summed E-state index contributed by atoms with van der Waals surface area (Å²) in [5.41, 5.74) is -0.596. The molecule has 3 aliphatic heterocycles. The number of nitrogens with one attached hydrogen (secondary N) is 1. The molecule has 1 unspecified atom stereocenters. The van der Waals surface area contributed by atoms with Crippen LogP contribution in [0.2, 0.25) is 0 Å². The molecule has 2 bridgehead atoms. The molecule has 2 N–H and O–H groups in total. The second-order valence-corrected chi connectivity index (χ2v) is 13.0. The van der Waals surface area contributed by atoms with E-state index >= 15 is 0 Å². The van der Waals surface area contributed by atoms with Gasteiger partial charge in [-0.3, -0.25) is 19.2 Å². The van der Waals surface area contributed by atoms with Crippen molar-refractivity contribution in [1.82, 2.24) is 15.1 Å². The number of aliphatic hydroxyl groups excluding tert-OH is 1. The maximum Gasteiger partial charge on any atom is 0.313 e. The zero-order valence-corrected chi connectivity index (χ0v) is 28.1. The molecule has 11 nitrogen and oxygen atoms in total. The fourth-order valence-electron chi connectivity index (χ4n) is 7.68. The lowest BCUT2D eigenvalue weighted by atomic mass is 9.70. The first-order valence-electron chi connectivity index (χ1n) is 16.8. The Morgan fingerprint density at radius 2 is 1.94 bits per heavy atom. The lowest BCUT2D eigenvalue weighted by Crippen LogP contribution is -2.59. The van der Waals surface area contributed by atoms with Gasteiger partial charge >= 0.3 is 5.97 Å². The summed E-state index contributed by atoms with van der Waals surface area (Å²) in [6.07, 6.45) is 4.98. The van der Waals surface area contributed by atoms with Crippen LogP contribution in [0.15, 0.2) is 55.6 Å². The van der Waals surface area contributed by atoms with Crippen LogP contribution in [0.4, 0.5) is 0 Å². The number of benzene rings is 1. The van der Waals surface area contributed by atoms with E-state index in [0.717, 1.165) is 12.8 Å². The van der Waals surface area contributed by atoms with E-state index in [1.165, 1.54) is 12.0 Å². The van der Waals surface area contributed by atoms with E-state index < -0.39 is 59.6 Å². The maximum absolute atomic E-state index is 14.5. The number of methoxy groups -OCH3 is 1. The minimum absolute atomic E-state index is 0.0665. The highest BCUT2D eigenvalue weighted by molar-refractivity contribution is 5.98. The fourth-order valence-corrected chi connectivity index (χ4v) is 7.68. The molecular weight excluding hydrogens is 602 g/mol. The van der Waals surface area contributed by atoms with Crippen molar-refractivity contribution in [3.63, 3.8) is 0 Å². The van der Waals surface area contributed by atoms with E-state index in [1.807, 2.05) is 32.0 Å². The summed E-state index contributed by atoms with van der Waals surface area (Å²) in [7, 11) is 1.50. The smallest absolute Gasteiger partial charge is 0.313 e. The molecule has 0 saturated carbocycles. The second-order valence-electron chi connectivity index (χ2n) is 13.0. The zero-order chi connectivity index (χ0) is 34.3. The predicted molar refractivity (Wildman–Crippen MR) is 176 cm³/mol. The number of fused-ring (bicyclic) bond motifs is 1.